The molecule has 1 saturated carbocycles. The monoisotopic (exact) mass is 269 g/mol. The number of carbonyl (C=O) groups is 1. The van der Waals surface area contributed by atoms with Gasteiger partial charge in [0.2, 0.25) is 5.91 Å². The number of nitrogens with zero attached hydrogens (tertiary/aromatic N) is 2. The summed E-state index contributed by atoms with van der Waals surface area (Å²) in [6.07, 6.45) is 2.72. The summed E-state index contributed by atoms with van der Waals surface area (Å²) in [6.45, 7) is 3.83. The Morgan fingerprint density at radius 3 is 2.33 bits per heavy atom. The number of carbonyl (C=O) groups excluding carboxylic acids is 1. The number of amides is 1. The molecule has 1 amide bonds. The number of hydrogen-bond donors (Lipinski definition) is 1. The van der Waals surface area contributed by atoms with Gasteiger partial charge in [-0.1, -0.05) is 25.6 Å². The Morgan fingerprint density at radius 2 is 2.00 bits per heavy atom. The van der Waals surface area contributed by atoms with Crippen LogP contribution in [0.25, 0.3) is 0 Å². The van der Waals surface area contributed by atoms with Gasteiger partial charge in [0.15, 0.2) is 0 Å². The summed E-state index contributed by atoms with van der Waals surface area (Å²) in [6, 6.07) is 0.442. The highest BCUT2D eigenvalue weighted by molar-refractivity contribution is 7.80. The largest absolute Gasteiger partial charge is 0.392 e. The standard InChI is InChI=1S/C13H23N3OS/c1-9-7-16(8-10(9)15(2)3)12(17)13(11(14)18)5-4-6-13/h9-10H,4-8H2,1-3H3,(H2,14,18). The van der Waals surface area contributed by atoms with Crippen LogP contribution >= 0.6 is 12.2 Å². The van der Waals surface area contributed by atoms with Gasteiger partial charge in [0.1, 0.15) is 0 Å². The molecule has 102 valence electrons. The van der Waals surface area contributed by atoms with Crippen molar-refractivity contribution in [3.05, 3.63) is 0 Å². The summed E-state index contributed by atoms with van der Waals surface area (Å²) < 4.78 is 0. The Hall–Kier alpha value is -0.680. The zero-order valence-corrected chi connectivity index (χ0v) is 12.3. The lowest BCUT2D eigenvalue weighted by Gasteiger charge is -2.41. The van der Waals surface area contributed by atoms with E-state index in [0.29, 0.717) is 16.9 Å². The number of rotatable bonds is 3. The molecular formula is C13H23N3OS. The van der Waals surface area contributed by atoms with E-state index in [9.17, 15) is 4.79 Å². The van der Waals surface area contributed by atoms with Crippen LogP contribution in [0, 0.1) is 11.3 Å². The number of likely N-dealkylation sites (tertiary alicyclic amines) is 1. The van der Waals surface area contributed by atoms with Gasteiger partial charge in [-0.2, -0.15) is 0 Å². The molecule has 1 aliphatic heterocycles. The Balaban J connectivity index is 2.09. The van der Waals surface area contributed by atoms with Crippen LogP contribution in [-0.4, -0.2) is 53.9 Å². The van der Waals surface area contributed by atoms with Gasteiger partial charge in [-0.05, 0) is 32.9 Å². The van der Waals surface area contributed by atoms with Crippen molar-refractivity contribution in [2.24, 2.45) is 17.1 Å². The second-order valence-corrected chi connectivity index (χ2v) is 6.46. The molecule has 2 N–H and O–H groups in total. The van der Waals surface area contributed by atoms with Crippen molar-refractivity contribution in [1.29, 1.82) is 0 Å². The van der Waals surface area contributed by atoms with Crippen molar-refractivity contribution >= 4 is 23.1 Å². The molecule has 0 aromatic rings. The molecule has 1 heterocycles. The van der Waals surface area contributed by atoms with Crippen LogP contribution in [0.5, 0.6) is 0 Å². The maximum Gasteiger partial charge on any atom is 0.235 e. The predicted molar refractivity (Wildman–Crippen MR) is 76.3 cm³/mol. The van der Waals surface area contributed by atoms with Crippen molar-refractivity contribution in [2.75, 3.05) is 27.2 Å². The lowest BCUT2D eigenvalue weighted by Crippen LogP contribution is -2.54. The van der Waals surface area contributed by atoms with Crippen molar-refractivity contribution in [3.63, 3.8) is 0 Å². The zero-order valence-electron chi connectivity index (χ0n) is 11.5. The van der Waals surface area contributed by atoms with Crippen molar-refractivity contribution in [1.82, 2.24) is 9.80 Å². The Kier molecular flexibility index (Phi) is 3.65. The van der Waals surface area contributed by atoms with Crippen molar-refractivity contribution in [2.45, 2.75) is 32.2 Å². The molecule has 0 radical (unpaired) electrons. The molecule has 2 aliphatic rings. The van der Waals surface area contributed by atoms with Gasteiger partial charge in [0.05, 0.1) is 10.4 Å². The van der Waals surface area contributed by atoms with E-state index in [2.05, 4.69) is 25.9 Å². The van der Waals surface area contributed by atoms with Crippen LogP contribution in [0.15, 0.2) is 0 Å². The van der Waals surface area contributed by atoms with Gasteiger partial charge in [-0.15, -0.1) is 0 Å². The molecule has 2 unspecified atom stereocenters. The first kappa shape index (κ1) is 13.7. The third-order valence-corrected chi connectivity index (χ3v) is 5.00. The molecule has 0 aromatic carbocycles. The summed E-state index contributed by atoms with van der Waals surface area (Å²) in [5.74, 6) is 0.671. The lowest BCUT2D eigenvalue weighted by molar-refractivity contribution is -0.141. The van der Waals surface area contributed by atoms with Crippen molar-refractivity contribution in [3.8, 4) is 0 Å². The number of nitrogens with two attached hydrogens (primary N) is 1. The maximum absolute atomic E-state index is 12.6. The van der Waals surface area contributed by atoms with Gasteiger partial charge in [0, 0.05) is 19.1 Å². The van der Waals surface area contributed by atoms with Crippen LogP contribution in [0.2, 0.25) is 0 Å². The zero-order chi connectivity index (χ0) is 13.5. The Bertz CT molecular complexity index is 365. The fourth-order valence-electron chi connectivity index (χ4n) is 3.19. The molecule has 2 fully saturated rings. The second-order valence-electron chi connectivity index (χ2n) is 6.02. The molecule has 4 nitrogen and oxygen atoms in total. The minimum Gasteiger partial charge on any atom is -0.392 e. The summed E-state index contributed by atoms with van der Waals surface area (Å²) >= 11 is 5.12. The topological polar surface area (TPSA) is 49.6 Å². The normalized spacial score (nSPS) is 30.3. The van der Waals surface area contributed by atoms with Gasteiger partial charge in [-0.25, -0.2) is 0 Å². The summed E-state index contributed by atoms with van der Waals surface area (Å²) in [7, 11) is 4.14. The Morgan fingerprint density at radius 1 is 1.39 bits per heavy atom. The first-order chi connectivity index (χ1) is 8.38. The highest BCUT2D eigenvalue weighted by atomic mass is 32.1. The molecular weight excluding hydrogens is 246 g/mol. The van der Waals surface area contributed by atoms with Crippen LogP contribution in [-0.2, 0) is 4.79 Å². The second kappa shape index (κ2) is 4.78. The molecule has 0 bridgehead atoms. The van der Waals surface area contributed by atoms with Crippen LogP contribution < -0.4 is 5.73 Å². The average molecular weight is 269 g/mol. The maximum atomic E-state index is 12.6. The molecule has 2 rings (SSSR count). The van der Waals surface area contributed by atoms with Crippen LogP contribution in [0.1, 0.15) is 26.2 Å². The first-order valence-electron chi connectivity index (χ1n) is 6.64. The molecule has 1 aliphatic carbocycles. The van der Waals surface area contributed by atoms with Gasteiger partial charge in [-0.3, -0.25) is 4.79 Å². The molecule has 2 atom stereocenters. The number of hydrogen-bond acceptors (Lipinski definition) is 3. The molecule has 5 heteroatoms. The van der Waals surface area contributed by atoms with Crippen LogP contribution in [0.3, 0.4) is 0 Å². The fourth-order valence-corrected chi connectivity index (χ4v) is 3.48. The third-order valence-electron chi connectivity index (χ3n) is 4.61. The average Bonchev–Trinajstić information content (AvgIpc) is 2.57. The minimum absolute atomic E-state index is 0.164. The minimum atomic E-state index is -0.518. The summed E-state index contributed by atoms with van der Waals surface area (Å²) in [4.78, 5) is 17.2. The van der Waals surface area contributed by atoms with E-state index in [1.54, 1.807) is 0 Å². The van der Waals surface area contributed by atoms with E-state index in [0.717, 1.165) is 32.4 Å². The van der Waals surface area contributed by atoms with Crippen LogP contribution in [0.4, 0.5) is 0 Å². The van der Waals surface area contributed by atoms with Crippen molar-refractivity contribution < 1.29 is 4.79 Å². The van der Waals surface area contributed by atoms with E-state index >= 15 is 0 Å². The molecule has 18 heavy (non-hydrogen) atoms. The Labute approximate surface area is 114 Å². The summed E-state index contributed by atoms with van der Waals surface area (Å²) in [5, 5.41) is 0. The SMILES string of the molecule is CC1CN(C(=O)C2(C(N)=S)CCC2)CC1N(C)C. The third kappa shape index (κ3) is 2.03. The highest BCUT2D eigenvalue weighted by Crippen LogP contribution is 2.43. The molecule has 1 saturated heterocycles. The number of likely N-dealkylation sites (N-methyl/N-ethyl adjacent to an activating group) is 1. The van der Waals surface area contributed by atoms with E-state index < -0.39 is 5.41 Å². The van der Waals surface area contributed by atoms with Gasteiger partial charge >= 0.3 is 0 Å². The molecule has 0 aromatic heterocycles. The highest BCUT2D eigenvalue weighted by Gasteiger charge is 2.50. The summed E-state index contributed by atoms with van der Waals surface area (Å²) in [5.41, 5.74) is 5.29. The fraction of sp³-hybridized carbons (Fsp3) is 0.846. The smallest absolute Gasteiger partial charge is 0.235 e. The van der Waals surface area contributed by atoms with E-state index in [-0.39, 0.29) is 5.91 Å². The number of thiocarbonyl (C=S) groups is 1. The predicted octanol–water partition coefficient (Wildman–Crippen LogP) is 0.851. The van der Waals surface area contributed by atoms with E-state index in [4.69, 9.17) is 18.0 Å². The van der Waals surface area contributed by atoms with E-state index in [1.165, 1.54) is 0 Å². The first-order valence-corrected chi connectivity index (χ1v) is 7.05. The lowest BCUT2D eigenvalue weighted by atomic mass is 9.67. The van der Waals surface area contributed by atoms with E-state index in [1.807, 2.05) is 4.90 Å². The van der Waals surface area contributed by atoms with Gasteiger partial charge in [0.25, 0.3) is 0 Å². The molecule has 0 spiro atoms. The quantitative estimate of drug-likeness (QED) is 0.772. The van der Waals surface area contributed by atoms with Gasteiger partial charge < -0.3 is 15.5 Å².